The van der Waals surface area contributed by atoms with Gasteiger partial charge in [0.25, 0.3) is 0 Å². The summed E-state index contributed by atoms with van der Waals surface area (Å²) in [6.07, 6.45) is -1.67. The van der Waals surface area contributed by atoms with E-state index in [-0.39, 0.29) is 0 Å². The van der Waals surface area contributed by atoms with Crippen molar-refractivity contribution in [2.24, 2.45) is 5.73 Å². The molecule has 1 aromatic heterocycles. The molecule has 0 radical (unpaired) electrons. The average molecular weight is 213 g/mol. The number of rotatable bonds is 5. The lowest BCUT2D eigenvalue weighted by molar-refractivity contribution is 0.0119. The van der Waals surface area contributed by atoms with Gasteiger partial charge >= 0.3 is 0 Å². The van der Waals surface area contributed by atoms with E-state index in [1.165, 1.54) is 7.11 Å². The van der Waals surface area contributed by atoms with Crippen LogP contribution in [-0.2, 0) is 0 Å². The first-order chi connectivity index (χ1) is 7.19. The maximum atomic E-state index is 9.63. The van der Waals surface area contributed by atoms with Crippen LogP contribution in [0.5, 0.6) is 5.88 Å². The Morgan fingerprint density at radius 1 is 1.40 bits per heavy atom. The highest BCUT2D eigenvalue weighted by Crippen LogP contribution is 2.17. The van der Waals surface area contributed by atoms with Crippen LogP contribution in [0.2, 0.25) is 0 Å². The van der Waals surface area contributed by atoms with Crippen molar-refractivity contribution in [1.82, 2.24) is 10.2 Å². The fraction of sp³-hybridized carbons (Fsp3) is 0.556. The van der Waals surface area contributed by atoms with Crippen LogP contribution < -0.4 is 10.5 Å². The van der Waals surface area contributed by atoms with Gasteiger partial charge in [-0.05, 0) is 19.0 Å². The molecule has 0 amide bonds. The highest BCUT2D eigenvalue weighted by atomic mass is 16.5. The highest BCUT2D eigenvalue weighted by molar-refractivity contribution is 5.13. The predicted molar refractivity (Wildman–Crippen MR) is 53.2 cm³/mol. The number of methoxy groups -OCH3 is 1. The lowest BCUT2D eigenvalue weighted by atomic mass is 10.1. The molecule has 4 N–H and O–H groups in total. The molecule has 84 valence electrons. The van der Waals surface area contributed by atoms with Crippen LogP contribution in [0.3, 0.4) is 0 Å². The summed E-state index contributed by atoms with van der Waals surface area (Å²) in [4.78, 5) is 0. The molecule has 0 aliphatic carbocycles. The molecule has 0 bridgehead atoms. The quantitative estimate of drug-likeness (QED) is 0.593. The van der Waals surface area contributed by atoms with Gasteiger partial charge in [-0.3, -0.25) is 0 Å². The third-order valence-corrected chi connectivity index (χ3v) is 2.00. The minimum atomic E-state index is -1.06. The molecule has 0 saturated heterocycles. The van der Waals surface area contributed by atoms with Crippen molar-refractivity contribution in [2.75, 3.05) is 13.7 Å². The molecule has 0 aromatic carbocycles. The van der Waals surface area contributed by atoms with E-state index in [4.69, 9.17) is 10.5 Å². The fourth-order valence-electron chi connectivity index (χ4n) is 1.12. The van der Waals surface area contributed by atoms with E-state index < -0.39 is 12.2 Å². The Morgan fingerprint density at radius 2 is 2.13 bits per heavy atom. The molecular weight excluding hydrogens is 198 g/mol. The van der Waals surface area contributed by atoms with E-state index in [1.807, 2.05) is 0 Å². The van der Waals surface area contributed by atoms with Crippen molar-refractivity contribution in [1.29, 1.82) is 0 Å². The minimum Gasteiger partial charge on any atom is -0.480 e. The molecule has 6 heteroatoms. The van der Waals surface area contributed by atoms with Gasteiger partial charge in [0, 0.05) is 6.07 Å². The summed E-state index contributed by atoms with van der Waals surface area (Å²) in [6.45, 7) is 0.307. The van der Waals surface area contributed by atoms with E-state index in [9.17, 15) is 10.2 Å². The Balaban J connectivity index is 2.69. The van der Waals surface area contributed by atoms with Gasteiger partial charge in [0.2, 0.25) is 5.88 Å². The van der Waals surface area contributed by atoms with Crippen molar-refractivity contribution >= 4 is 0 Å². The lowest BCUT2D eigenvalue weighted by Gasteiger charge is -2.15. The number of aliphatic hydroxyl groups is 2. The first kappa shape index (κ1) is 11.8. The van der Waals surface area contributed by atoms with Crippen LogP contribution in [0.1, 0.15) is 18.2 Å². The standard InChI is InChI=1S/C9H15N3O3/c1-15-8-3-2-6(11-12-8)9(14)7(13)4-5-10/h2-3,7,9,13-14H,4-5,10H2,1H3. The summed E-state index contributed by atoms with van der Waals surface area (Å²) < 4.78 is 4.82. The van der Waals surface area contributed by atoms with Crippen molar-refractivity contribution in [2.45, 2.75) is 18.6 Å². The second-order valence-corrected chi connectivity index (χ2v) is 3.09. The molecular formula is C9H15N3O3. The van der Waals surface area contributed by atoms with E-state index in [0.29, 0.717) is 24.5 Å². The third kappa shape index (κ3) is 3.12. The van der Waals surface area contributed by atoms with Crippen LogP contribution in [0, 0.1) is 0 Å². The monoisotopic (exact) mass is 213 g/mol. The molecule has 0 aliphatic heterocycles. The number of hydrogen-bond acceptors (Lipinski definition) is 6. The Bertz CT molecular complexity index is 291. The van der Waals surface area contributed by atoms with Crippen LogP contribution in [-0.4, -0.2) is 40.2 Å². The molecule has 2 atom stereocenters. The van der Waals surface area contributed by atoms with Gasteiger partial charge in [0.1, 0.15) is 6.10 Å². The third-order valence-electron chi connectivity index (χ3n) is 2.00. The predicted octanol–water partition coefficient (Wildman–Crippen LogP) is -0.772. The normalized spacial score (nSPS) is 14.7. The molecule has 0 fully saturated rings. The number of ether oxygens (including phenoxy) is 1. The zero-order chi connectivity index (χ0) is 11.3. The fourth-order valence-corrected chi connectivity index (χ4v) is 1.12. The second kappa shape index (κ2) is 5.59. The maximum Gasteiger partial charge on any atom is 0.233 e. The Kier molecular flexibility index (Phi) is 4.41. The SMILES string of the molecule is COc1ccc(C(O)C(O)CCN)nn1. The molecule has 6 nitrogen and oxygen atoms in total. The molecule has 1 aromatic rings. The van der Waals surface area contributed by atoms with Crippen LogP contribution in [0.25, 0.3) is 0 Å². The molecule has 0 spiro atoms. The summed E-state index contributed by atoms with van der Waals surface area (Å²) in [5, 5.41) is 26.5. The van der Waals surface area contributed by atoms with Crippen molar-refractivity contribution in [3.63, 3.8) is 0 Å². The van der Waals surface area contributed by atoms with E-state index in [2.05, 4.69) is 10.2 Å². The molecule has 15 heavy (non-hydrogen) atoms. The Morgan fingerprint density at radius 3 is 2.60 bits per heavy atom. The van der Waals surface area contributed by atoms with Crippen LogP contribution in [0.15, 0.2) is 12.1 Å². The number of nitrogens with zero attached hydrogens (tertiary/aromatic N) is 2. The smallest absolute Gasteiger partial charge is 0.233 e. The zero-order valence-electron chi connectivity index (χ0n) is 8.50. The molecule has 1 heterocycles. The summed E-state index contributed by atoms with van der Waals surface area (Å²) in [5.74, 6) is 0.360. The molecule has 0 saturated carbocycles. The van der Waals surface area contributed by atoms with Gasteiger partial charge < -0.3 is 20.7 Å². The molecule has 1 rings (SSSR count). The zero-order valence-corrected chi connectivity index (χ0v) is 8.50. The Labute approximate surface area is 87.7 Å². The minimum absolute atomic E-state index is 0.303. The van der Waals surface area contributed by atoms with Gasteiger partial charge in [-0.15, -0.1) is 10.2 Å². The number of nitrogens with two attached hydrogens (primary N) is 1. The van der Waals surface area contributed by atoms with Gasteiger partial charge in [-0.1, -0.05) is 0 Å². The second-order valence-electron chi connectivity index (χ2n) is 3.09. The summed E-state index contributed by atoms with van der Waals surface area (Å²) in [5.41, 5.74) is 5.57. The van der Waals surface area contributed by atoms with E-state index in [1.54, 1.807) is 12.1 Å². The molecule has 2 unspecified atom stereocenters. The van der Waals surface area contributed by atoms with Gasteiger partial charge in [-0.25, -0.2) is 0 Å². The lowest BCUT2D eigenvalue weighted by Crippen LogP contribution is -2.22. The van der Waals surface area contributed by atoms with Crippen molar-refractivity contribution < 1.29 is 14.9 Å². The summed E-state index contributed by atoms with van der Waals surface area (Å²) >= 11 is 0. The summed E-state index contributed by atoms with van der Waals surface area (Å²) in [6, 6.07) is 3.12. The number of aromatic nitrogens is 2. The van der Waals surface area contributed by atoms with Gasteiger partial charge in [0.05, 0.1) is 18.9 Å². The van der Waals surface area contributed by atoms with Crippen molar-refractivity contribution in [3.8, 4) is 5.88 Å². The van der Waals surface area contributed by atoms with Gasteiger partial charge in [-0.2, -0.15) is 0 Å². The van der Waals surface area contributed by atoms with E-state index >= 15 is 0 Å². The van der Waals surface area contributed by atoms with Gasteiger partial charge in [0.15, 0.2) is 0 Å². The number of hydrogen-bond donors (Lipinski definition) is 3. The molecule has 0 aliphatic rings. The van der Waals surface area contributed by atoms with Crippen molar-refractivity contribution in [3.05, 3.63) is 17.8 Å². The number of aliphatic hydroxyl groups excluding tert-OH is 2. The van der Waals surface area contributed by atoms with E-state index in [0.717, 1.165) is 0 Å². The highest BCUT2D eigenvalue weighted by Gasteiger charge is 2.19. The Hall–Kier alpha value is -1.24. The average Bonchev–Trinajstić information content (AvgIpc) is 2.28. The largest absolute Gasteiger partial charge is 0.480 e. The first-order valence-electron chi connectivity index (χ1n) is 4.63. The van der Waals surface area contributed by atoms with Crippen LogP contribution in [0.4, 0.5) is 0 Å². The summed E-state index contributed by atoms with van der Waals surface area (Å²) in [7, 11) is 1.48. The maximum absolute atomic E-state index is 9.63. The first-order valence-corrected chi connectivity index (χ1v) is 4.63. The van der Waals surface area contributed by atoms with Crippen LogP contribution >= 0.6 is 0 Å². The topological polar surface area (TPSA) is 101 Å².